The first-order chi connectivity index (χ1) is 17.3. The predicted molar refractivity (Wildman–Crippen MR) is 146 cm³/mol. The highest BCUT2D eigenvalue weighted by Crippen LogP contribution is 2.64. The Balaban J connectivity index is 1.74. The van der Waals surface area contributed by atoms with Crippen LogP contribution in [0.5, 0.6) is 11.5 Å². The highest BCUT2D eigenvalue weighted by Gasteiger charge is 2.53. The molecule has 0 fully saturated rings. The smallest absolute Gasteiger partial charge is 0.140 e. The SMILES string of the molecule is C=C/C=C1\C(=C/C)c2ccccc2C12c1ccc3ccccc3c1Oc1c2ccc2ccccc12. The van der Waals surface area contributed by atoms with Crippen molar-refractivity contribution in [1.29, 1.82) is 0 Å². The van der Waals surface area contributed by atoms with E-state index in [1.807, 2.05) is 6.08 Å². The van der Waals surface area contributed by atoms with Crippen LogP contribution in [0.3, 0.4) is 0 Å². The van der Waals surface area contributed by atoms with Gasteiger partial charge in [0.15, 0.2) is 0 Å². The van der Waals surface area contributed by atoms with Crippen molar-refractivity contribution in [2.75, 3.05) is 0 Å². The lowest BCUT2D eigenvalue weighted by Gasteiger charge is -2.40. The molecular formula is C34H24O. The molecule has 1 heterocycles. The zero-order chi connectivity index (χ0) is 23.6. The lowest BCUT2D eigenvalue weighted by atomic mass is 9.65. The van der Waals surface area contributed by atoms with Crippen LogP contribution in [0, 0.1) is 0 Å². The Bertz CT molecular complexity index is 1660. The highest BCUT2D eigenvalue weighted by molar-refractivity contribution is 6.02. The summed E-state index contributed by atoms with van der Waals surface area (Å²) in [7, 11) is 0. The van der Waals surface area contributed by atoms with Gasteiger partial charge < -0.3 is 4.74 Å². The lowest BCUT2D eigenvalue weighted by molar-refractivity contribution is 0.447. The van der Waals surface area contributed by atoms with Crippen molar-refractivity contribution in [3.8, 4) is 11.5 Å². The first-order valence-electron chi connectivity index (χ1n) is 12.1. The van der Waals surface area contributed by atoms with Crippen molar-refractivity contribution >= 4 is 27.1 Å². The average Bonchev–Trinajstić information content (AvgIpc) is 3.18. The van der Waals surface area contributed by atoms with Crippen molar-refractivity contribution < 1.29 is 4.74 Å². The second-order valence-electron chi connectivity index (χ2n) is 9.24. The maximum atomic E-state index is 6.93. The monoisotopic (exact) mass is 448 g/mol. The summed E-state index contributed by atoms with van der Waals surface area (Å²) in [6, 6.07) is 34.8. The summed E-state index contributed by atoms with van der Waals surface area (Å²) in [6.07, 6.45) is 6.35. The topological polar surface area (TPSA) is 9.23 Å². The van der Waals surface area contributed by atoms with E-state index in [4.69, 9.17) is 4.74 Å². The fourth-order valence-electron chi connectivity index (χ4n) is 6.30. The number of hydrogen-bond donors (Lipinski definition) is 0. The molecule has 0 saturated heterocycles. The van der Waals surface area contributed by atoms with Gasteiger partial charge in [0.2, 0.25) is 0 Å². The van der Waals surface area contributed by atoms with Gasteiger partial charge in [-0.2, -0.15) is 0 Å². The van der Waals surface area contributed by atoms with Gasteiger partial charge in [0.05, 0.1) is 5.41 Å². The lowest BCUT2D eigenvalue weighted by Crippen LogP contribution is -2.32. The zero-order valence-corrected chi connectivity index (χ0v) is 19.6. The van der Waals surface area contributed by atoms with E-state index in [0.29, 0.717) is 0 Å². The molecule has 5 aromatic carbocycles. The summed E-state index contributed by atoms with van der Waals surface area (Å²) < 4.78 is 6.93. The first kappa shape index (κ1) is 20.1. The Labute approximate surface area is 205 Å². The second-order valence-corrected chi connectivity index (χ2v) is 9.24. The van der Waals surface area contributed by atoms with Crippen molar-refractivity contribution in [3.63, 3.8) is 0 Å². The third-order valence-corrected chi connectivity index (χ3v) is 7.66. The highest BCUT2D eigenvalue weighted by atomic mass is 16.5. The summed E-state index contributed by atoms with van der Waals surface area (Å²) in [5, 5.41) is 4.62. The fourth-order valence-corrected chi connectivity index (χ4v) is 6.30. The molecule has 0 bridgehead atoms. The van der Waals surface area contributed by atoms with E-state index in [1.54, 1.807) is 0 Å². The second kappa shape index (κ2) is 7.32. The van der Waals surface area contributed by atoms with Gasteiger partial charge in [-0.05, 0) is 40.0 Å². The summed E-state index contributed by atoms with van der Waals surface area (Å²) in [5.74, 6) is 1.88. The summed E-state index contributed by atoms with van der Waals surface area (Å²) >= 11 is 0. The van der Waals surface area contributed by atoms with Crippen molar-refractivity contribution in [2.24, 2.45) is 0 Å². The molecule has 1 nitrogen and oxygen atoms in total. The molecule has 2 aliphatic rings. The number of fused-ring (bicyclic) bond motifs is 10. The fraction of sp³-hybridized carbons (Fsp3) is 0.0588. The Morgan fingerprint density at radius 3 is 1.83 bits per heavy atom. The molecule has 1 aliphatic heterocycles. The van der Waals surface area contributed by atoms with Gasteiger partial charge in [0.25, 0.3) is 0 Å². The molecule has 7 rings (SSSR count). The largest absolute Gasteiger partial charge is 0.455 e. The molecule has 1 aliphatic carbocycles. The number of benzene rings is 5. The molecule has 0 N–H and O–H groups in total. The van der Waals surface area contributed by atoms with Gasteiger partial charge in [-0.15, -0.1) is 0 Å². The van der Waals surface area contributed by atoms with Crippen molar-refractivity contribution in [3.05, 3.63) is 150 Å². The van der Waals surface area contributed by atoms with Crippen LogP contribution in [-0.2, 0) is 5.41 Å². The standard InChI is InChI=1S/C34H24O/c1-3-11-28-24(4-2)27-16-9-10-17-29(27)34(28)30-20-18-22-12-5-7-14-25(22)32(30)35-33-26-15-8-6-13-23(26)19-21-31(33)34/h3-21H,1H2,2H3/b24-4-,28-11+. The van der Waals surface area contributed by atoms with Crippen LogP contribution < -0.4 is 4.74 Å². The quantitative estimate of drug-likeness (QED) is 0.249. The van der Waals surface area contributed by atoms with Crippen LogP contribution >= 0.6 is 0 Å². The van der Waals surface area contributed by atoms with E-state index in [-0.39, 0.29) is 0 Å². The van der Waals surface area contributed by atoms with E-state index >= 15 is 0 Å². The Morgan fingerprint density at radius 2 is 1.23 bits per heavy atom. The summed E-state index contributed by atoms with van der Waals surface area (Å²) in [5.41, 5.74) is 6.91. The number of rotatable bonds is 1. The van der Waals surface area contributed by atoms with Crippen molar-refractivity contribution in [1.82, 2.24) is 0 Å². The van der Waals surface area contributed by atoms with Crippen LogP contribution in [0.4, 0.5) is 0 Å². The summed E-state index contributed by atoms with van der Waals surface area (Å²) in [6.45, 7) is 6.24. The van der Waals surface area contributed by atoms with Crippen LogP contribution in [0.25, 0.3) is 27.1 Å². The molecule has 0 atom stereocenters. The number of hydrogen-bond acceptors (Lipinski definition) is 1. The zero-order valence-electron chi connectivity index (χ0n) is 19.6. The van der Waals surface area contributed by atoms with Crippen molar-refractivity contribution in [2.45, 2.75) is 12.3 Å². The maximum absolute atomic E-state index is 6.93. The maximum Gasteiger partial charge on any atom is 0.140 e. The Morgan fingerprint density at radius 1 is 0.657 bits per heavy atom. The van der Waals surface area contributed by atoms with E-state index < -0.39 is 5.41 Å². The third-order valence-electron chi connectivity index (χ3n) is 7.66. The van der Waals surface area contributed by atoms with Gasteiger partial charge >= 0.3 is 0 Å². The molecule has 1 heteroatoms. The van der Waals surface area contributed by atoms with Crippen LogP contribution in [-0.4, -0.2) is 0 Å². The number of ether oxygens (including phenoxy) is 1. The van der Waals surface area contributed by atoms with Crippen LogP contribution in [0.1, 0.15) is 29.2 Å². The molecule has 0 radical (unpaired) electrons. The van der Waals surface area contributed by atoms with Gasteiger partial charge in [-0.25, -0.2) is 0 Å². The van der Waals surface area contributed by atoms with E-state index in [0.717, 1.165) is 22.3 Å². The molecule has 166 valence electrons. The normalized spacial score (nSPS) is 17.4. The van der Waals surface area contributed by atoms with Crippen LogP contribution in [0.2, 0.25) is 0 Å². The van der Waals surface area contributed by atoms with Gasteiger partial charge in [0, 0.05) is 21.9 Å². The first-order valence-corrected chi connectivity index (χ1v) is 12.1. The molecule has 0 unspecified atom stereocenters. The molecular weight excluding hydrogens is 424 g/mol. The number of allylic oxidation sites excluding steroid dienone is 5. The predicted octanol–water partition coefficient (Wildman–Crippen LogP) is 8.96. The van der Waals surface area contributed by atoms with Gasteiger partial charge in [0.1, 0.15) is 11.5 Å². The molecule has 35 heavy (non-hydrogen) atoms. The summed E-state index contributed by atoms with van der Waals surface area (Å²) in [4.78, 5) is 0. The van der Waals surface area contributed by atoms with E-state index in [2.05, 4.69) is 123 Å². The van der Waals surface area contributed by atoms with E-state index in [1.165, 1.54) is 44.2 Å². The molecule has 0 aromatic heterocycles. The average molecular weight is 449 g/mol. The Hall–Kier alpha value is -4.36. The minimum Gasteiger partial charge on any atom is -0.455 e. The minimum atomic E-state index is -0.496. The van der Waals surface area contributed by atoms with E-state index in [9.17, 15) is 0 Å². The van der Waals surface area contributed by atoms with Gasteiger partial charge in [-0.1, -0.05) is 122 Å². The third kappa shape index (κ3) is 2.48. The molecule has 0 saturated carbocycles. The minimum absolute atomic E-state index is 0.496. The molecule has 5 aromatic rings. The van der Waals surface area contributed by atoms with Crippen LogP contribution in [0.15, 0.2) is 127 Å². The Kier molecular flexibility index (Phi) is 4.19. The van der Waals surface area contributed by atoms with Gasteiger partial charge in [-0.3, -0.25) is 0 Å². The molecule has 1 spiro atoms. The molecule has 0 amide bonds.